The molecule has 33 heavy (non-hydrogen) atoms. The van der Waals surface area contributed by atoms with Gasteiger partial charge in [-0.25, -0.2) is 8.42 Å². The van der Waals surface area contributed by atoms with Gasteiger partial charge in [-0.2, -0.15) is 4.31 Å². The van der Waals surface area contributed by atoms with E-state index in [1.807, 2.05) is 40.7 Å². The van der Waals surface area contributed by atoms with Crippen molar-refractivity contribution < 1.29 is 17.7 Å². The van der Waals surface area contributed by atoms with Crippen molar-refractivity contribution in [1.29, 1.82) is 0 Å². The first kappa shape index (κ1) is 25.2. The Hall–Kier alpha value is -2.45. The maximum atomic E-state index is 13.6. The summed E-state index contributed by atoms with van der Waals surface area (Å²) in [5, 5.41) is 6.92. The fourth-order valence-electron chi connectivity index (χ4n) is 4.38. The fraction of sp³-hybridized carbons (Fsp3) is 0.520. The number of benzene rings is 1. The zero-order valence-electron chi connectivity index (χ0n) is 20.4. The molecule has 0 spiro atoms. The lowest BCUT2D eigenvalue weighted by molar-refractivity contribution is -0.126. The van der Waals surface area contributed by atoms with E-state index in [1.54, 1.807) is 13.0 Å². The Bertz CT molecular complexity index is 1130. The first-order chi connectivity index (χ1) is 15.5. The van der Waals surface area contributed by atoms with Crippen molar-refractivity contribution in [2.24, 2.45) is 5.92 Å². The minimum atomic E-state index is -3.87. The highest BCUT2D eigenvalue weighted by Gasteiger charge is 2.37. The summed E-state index contributed by atoms with van der Waals surface area (Å²) < 4.78 is 34.0. The normalized spacial score (nSPS) is 18.5. The van der Waals surface area contributed by atoms with Crippen LogP contribution in [0.15, 0.2) is 21.6 Å². The third-order valence-electron chi connectivity index (χ3n) is 6.33. The summed E-state index contributed by atoms with van der Waals surface area (Å²) in [5.74, 6) is -0.241. The fourth-order valence-corrected chi connectivity index (χ4v) is 6.15. The molecular formula is C25H35N3O4S. The van der Waals surface area contributed by atoms with Gasteiger partial charge in [-0.15, -0.1) is 0 Å². The van der Waals surface area contributed by atoms with Gasteiger partial charge < -0.3 is 9.84 Å². The highest BCUT2D eigenvalue weighted by Crippen LogP contribution is 2.30. The first-order valence-electron chi connectivity index (χ1n) is 11.6. The summed E-state index contributed by atoms with van der Waals surface area (Å²) in [6.07, 6.45) is 5.69. The number of nitrogens with one attached hydrogen (secondary N) is 1. The molecular weight excluding hydrogens is 438 g/mol. The van der Waals surface area contributed by atoms with Crippen LogP contribution in [-0.2, 0) is 14.8 Å². The van der Waals surface area contributed by atoms with Crippen LogP contribution in [0.4, 0.5) is 0 Å². The second-order valence-corrected chi connectivity index (χ2v) is 11.0. The molecule has 1 aromatic heterocycles. The lowest BCUT2D eigenvalue weighted by Crippen LogP contribution is -2.47. The molecule has 7 nitrogen and oxygen atoms in total. The number of aryl methyl sites for hydroxylation is 4. The molecule has 1 aromatic carbocycles. The molecule has 1 saturated heterocycles. The molecule has 180 valence electrons. The van der Waals surface area contributed by atoms with Crippen LogP contribution < -0.4 is 5.32 Å². The number of aromatic nitrogens is 1. The minimum absolute atomic E-state index is 0.0650. The van der Waals surface area contributed by atoms with E-state index in [-0.39, 0.29) is 35.1 Å². The van der Waals surface area contributed by atoms with Gasteiger partial charge in [-0.05, 0) is 76.6 Å². The molecule has 0 saturated carbocycles. The highest BCUT2D eigenvalue weighted by molar-refractivity contribution is 7.89. The number of hydrogen-bond donors (Lipinski definition) is 1. The van der Waals surface area contributed by atoms with Gasteiger partial charge >= 0.3 is 0 Å². The Morgan fingerprint density at radius 1 is 1.24 bits per heavy atom. The molecule has 0 bridgehead atoms. The van der Waals surface area contributed by atoms with Gasteiger partial charge in [0.2, 0.25) is 15.9 Å². The van der Waals surface area contributed by atoms with Crippen molar-refractivity contribution in [2.75, 3.05) is 13.1 Å². The molecule has 1 aliphatic rings. The van der Waals surface area contributed by atoms with E-state index in [1.165, 1.54) is 9.87 Å². The quantitative estimate of drug-likeness (QED) is 0.644. The molecule has 3 rings (SSSR count). The van der Waals surface area contributed by atoms with E-state index in [0.29, 0.717) is 25.1 Å². The highest BCUT2D eigenvalue weighted by atomic mass is 32.2. The van der Waals surface area contributed by atoms with E-state index < -0.39 is 10.0 Å². The van der Waals surface area contributed by atoms with Crippen LogP contribution in [0.2, 0.25) is 0 Å². The van der Waals surface area contributed by atoms with Crippen LogP contribution in [0.25, 0.3) is 12.2 Å². The Labute approximate surface area is 197 Å². The number of carbonyl (C=O) groups excluding carboxylic acids is 1. The Balaban J connectivity index is 1.88. The van der Waals surface area contributed by atoms with Crippen molar-refractivity contribution in [2.45, 2.75) is 71.7 Å². The monoisotopic (exact) mass is 473 g/mol. The Morgan fingerprint density at radius 2 is 1.91 bits per heavy atom. The first-order valence-corrected chi connectivity index (χ1v) is 13.0. The van der Waals surface area contributed by atoms with Crippen molar-refractivity contribution in [3.63, 3.8) is 0 Å². The predicted octanol–water partition coefficient (Wildman–Crippen LogP) is 4.39. The van der Waals surface area contributed by atoms with E-state index >= 15 is 0 Å². The zero-order chi connectivity index (χ0) is 24.3. The van der Waals surface area contributed by atoms with Crippen molar-refractivity contribution in [3.05, 3.63) is 45.8 Å². The average molecular weight is 474 g/mol. The average Bonchev–Trinajstić information content (AvgIpc) is 3.14. The van der Waals surface area contributed by atoms with E-state index in [0.717, 1.165) is 23.1 Å². The third kappa shape index (κ3) is 5.55. The second kappa shape index (κ2) is 10.2. The molecule has 1 amide bonds. The number of amides is 1. The number of hydrogen-bond acceptors (Lipinski definition) is 5. The van der Waals surface area contributed by atoms with Crippen LogP contribution in [-0.4, -0.2) is 42.9 Å². The van der Waals surface area contributed by atoms with Gasteiger partial charge in [-0.1, -0.05) is 35.9 Å². The number of rotatable bonds is 7. The predicted molar refractivity (Wildman–Crippen MR) is 130 cm³/mol. The van der Waals surface area contributed by atoms with Gasteiger partial charge in [0.15, 0.2) is 10.7 Å². The van der Waals surface area contributed by atoms with Gasteiger partial charge in [0.1, 0.15) is 5.69 Å². The van der Waals surface area contributed by atoms with Crippen molar-refractivity contribution in [3.8, 4) is 0 Å². The maximum Gasteiger partial charge on any atom is 0.248 e. The van der Waals surface area contributed by atoms with E-state index in [9.17, 15) is 13.2 Å². The lowest BCUT2D eigenvalue weighted by Gasteiger charge is -2.31. The number of sulfonamides is 1. The van der Waals surface area contributed by atoms with E-state index in [2.05, 4.69) is 22.6 Å². The molecule has 1 fully saturated rings. The molecule has 0 radical (unpaired) electrons. The summed E-state index contributed by atoms with van der Waals surface area (Å²) in [7, 11) is -3.87. The molecule has 2 heterocycles. The van der Waals surface area contributed by atoms with Gasteiger partial charge in [0.25, 0.3) is 0 Å². The summed E-state index contributed by atoms with van der Waals surface area (Å²) in [6.45, 7) is 12.2. The van der Waals surface area contributed by atoms with Crippen LogP contribution >= 0.6 is 0 Å². The number of nitrogens with zero attached hydrogens (tertiary/aromatic N) is 2. The minimum Gasteiger partial charge on any atom is -0.355 e. The van der Waals surface area contributed by atoms with Crippen LogP contribution in [0, 0.1) is 33.6 Å². The largest absolute Gasteiger partial charge is 0.355 e. The van der Waals surface area contributed by atoms with Crippen molar-refractivity contribution in [1.82, 2.24) is 14.8 Å². The molecule has 1 N–H and O–H groups in total. The molecule has 2 aromatic rings. The number of piperidine rings is 1. The summed E-state index contributed by atoms with van der Waals surface area (Å²) >= 11 is 0. The summed E-state index contributed by atoms with van der Waals surface area (Å²) in [5.41, 5.74) is 4.74. The molecule has 2 atom stereocenters. The lowest BCUT2D eigenvalue weighted by atomic mass is 9.98. The van der Waals surface area contributed by atoms with Crippen molar-refractivity contribution >= 4 is 28.1 Å². The molecule has 1 aliphatic heterocycles. The third-order valence-corrected chi connectivity index (χ3v) is 8.35. The van der Waals surface area contributed by atoms with E-state index in [4.69, 9.17) is 4.52 Å². The number of carbonyl (C=O) groups is 1. The second-order valence-electron chi connectivity index (χ2n) is 9.13. The maximum absolute atomic E-state index is 13.6. The molecule has 0 aliphatic carbocycles. The summed E-state index contributed by atoms with van der Waals surface area (Å²) in [4.78, 5) is 12.7. The molecule has 8 heteroatoms. The van der Waals surface area contributed by atoms with Gasteiger partial charge in [0, 0.05) is 19.1 Å². The Kier molecular flexibility index (Phi) is 7.80. The van der Waals surface area contributed by atoms with Crippen LogP contribution in [0.3, 0.4) is 0 Å². The summed E-state index contributed by atoms with van der Waals surface area (Å²) in [6, 6.07) is 4.25. The molecule has 2 unspecified atom stereocenters. The van der Waals surface area contributed by atoms with Gasteiger partial charge in [0.05, 0.1) is 5.92 Å². The van der Waals surface area contributed by atoms with Gasteiger partial charge in [-0.3, -0.25) is 4.79 Å². The smallest absolute Gasteiger partial charge is 0.248 e. The zero-order valence-corrected chi connectivity index (χ0v) is 21.3. The Morgan fingerprint density at radius 3 is 2.55 bits per heavy atom. The van der Waals surface area contributed by atoms with Crippen LogP contribution in [0.1, 0.15) is 66.8 Å². The topological polar surface area (TPSA) is 92.5 Å². The SMILES string of the molecule is CCC(C)NC(=O)C1CCCN(S(=O)(=O)c2c(C)noc2/C=C/c2c(C)cc(C)cc2C)C1. The standard InChI is InChI=1S/C25H35N3O4S/c1-7-19(5)26-25(29)21-9-8-12-28(15-21)33(30,31)24-20(6)27-32-23(24)11-10-22-17(3)13-16(2)14-18(22)4/h10-11,13-14,19,21H,7-9,12,15H2,1-6H3,(H,26,29)/b11-10+. The van der Waals surface area contributed by atoms with Crippen LogP contribution in [0.5, 0.6) is 0 Å².